The minimum atomic E-state index is -0.809. The molecule has 0 spiro atoms. The van der Waals surface area contributed by atoms with Crippen LogP contribution in [0.1, 0.15) is 78.6 Å². The topological polar surface area (TPSA) is 156 Å². The first-order chi connectivity index (χ1) is 19.5. The second-order valence-electron chi connectivity index (χ2n) is 10.1. The molecule has 11 heteroatoms. The Kier molecular flexibility index (Phi) is 10.7. The van der Waals surface area contributed by atoms with Crippen molar-refractivity contribution in [1.82, 2.24) is 0 Å². The normalized spacial score (nSPS) is 19.0. The van der Waals surface area contributed by atoms with E-state index in [9.17, 15) is 33.6 Å². The van der Waals surface area contributed by atoms with E-state index in [1.54, 1.807) is 12.2 Å². The first-order valence-corrected chi connectivity index (χ1v) is 13.7. The highest BCUT2D eigenvalue weighted by atomic mass is 16.6. The molecule has 0 aliphatic carbocycles. The Morgan fingerprint density at radius 2 is 1.07 bits per heavy atom. The van der Waals surface area contributed by atoms with Gasteiger partial charge >= 0.3 is 41.8 Å². The summed E-state index contributed by atoms with van der Waals surface area (Å²) in [5.41, 5.74) is 1.03. The van der Waals surface area contributed by atoms with Crippen LogP contribution >= 0.6 is 0 Å². The zero-order valence-electron chi connectivity index (χ0n) is 23.7. The fourth-order valence-corrected chi connectivity index (χ4v) is 5.02. The van der Waals surface area contributed by atoms with Crippen LogP contribution in [0.3, 0.4) is 0 Å². The van der Waals surface area contributed by atoms with Crippen molar-refractivity contribution >= 4 is 41.8 Å². The van der Waals surface area contributed by atoms with Crippen LogP contribution in [0.5, 0.6) is 0 Å². The van der Waals surface area contributed by atoms with Crippen LogP contribution in [0, 0.1) is 11.8 Å². The van der Waals surface area contributed by atoms with E-state index >= 15 is 0 Å². The fraction of sp³-hybridized carbons (Fsp3) is 0.500. The van der Waals surface area contributed by atoms with Crippen molar-refractivity contribution in [3.05, 3.63) is 45.6 Å². The molecule has 0 N–H and O–H groups in total. The molecular weight excluding hydrogens is 536 g/mol. The van der Waals surface area contributed by atoms with Gasteiger partial charge in [-0.15, -0.1) is 0 Å². The maximum absolute atomic E-state index is 12.7. The Labute approximate surface area is 237 Å². The molecule has 3 heterocycles. The van der Waals surface area contributed by atoms with Crippen LogP contribution < -0.4 is 0 Å². The molecule has 0 amide bonds. The summed E-state index contributed by atoms with van der Waals surface area (Å²) in [6, 6.07) is 0. The number of cyclic esters (lactones) is 6. The highest BCUT2D eigenvalue weighted by molar-refractivity contribution is 6.14. The van der Waals surface area contributed by atoms with Gasteiger partial charge in [-0.1, -0.05) is 45.8 Å². The zero-order chi connectivity index (χ0) is 30.3. The van der Waals surface area contributed by atoms with E-state index < -0.39 is 41.8 Å². The number of ether oxygens (including phenoxy) is 4. The molecule has 0 bridgehead atoms. The van der Waals surface area contributed by atoms with Crippen molar-refractivity contribution in [1.29, 1.82) is 0 Å². The van der Waals surface area contributed by atoms with Gasteiger partial charge in [-0.3, -0.25) is 4.79 Å². The molecule has 0 aromatic heterocycles. The van der Waals surface area contributed by atoms with Crippen LogP contribution in [0.4, 0.5) is 0 Å². The van der Waals surface area contributed by atoms with Crippen LogP contribution in [-0.2, 0) is 52.5 Å². The predicted octanol–water partition coefficient (Wildman–Crippen LogP) is 3.66. The average molecular weight is 571 g/mol. The van der Waals surface area contributed by atoms with Crippen molar-refractivity contribution in [2.75, 3.05) is 7.11 Å². The van der Waals surface area contributed by atoms with Gasteiger partial charge in [0.15, 0.2) is 0 Å². The van der Waals surface area contributed by atoms with Gasteiger partial charge in [0.25, 0.3) is 0 Å². The smallest absolute Gasteiger partial charge is 0.346 e. The van der Waals surface area contributed by atoms with E-state index in [0.29, 0.717) is 19.3 Å². The Balaban J connectivity index is 1.84. The Morgan fingerprint density at radius 3 is 1.54 bits per heavy atom. The molecule has 0 saturated carbocycles. The maximum atomic E-state index is 12.7. The van der Waals surface area contributed by atoms with Gasteiger partial charge in [0.2, 0.25) is 0 Å². The van der Waals surface area contributed by atoms with Gasteiger partial charge in [0.1, 0.15) is 0 Å². The van der Waals surface area contributed by atoms with Crippen LogP contribution in [-0.4, -0.2) is 48.9 Å². The third kappa shape index (κ3) is 7.33. The highest BCUT2D eigenvalue weighted by Gasteiger charge is 2.39. The van der Waals surface area contributed by atoms with Crippen LogP contribution in [0.2, 0.25) is 0 Å². The first-order valence-electron chi connectivity index (χ1n) is 13.7. The molecule has 0 aromatic rings. The minimum absolute atomic E-state index is 0.0219. The number of allylic oxidation sites excluding steroid dienone is 1. The van der Waals surface area contributed by atoms with Crippen molar-refractivity contribution in [3.63, 3.8) is 0 Å². The summed E-state index contributed by atoms with van der Waals surface area (Å²) in [6.07, 6.45) is 5.39. The first kappa shape index (κ1) is 31.4. The van der Waals surface area contributed by atoms with Gasteiger partial charge in [-0.2, -0.15) is 0 Å². The quantitative estimate of drug-likeness (QED) is 0.161. The molecule has 0 radical (unpaired) electrons. The second-order valence-corrected chi connectivity index (χ2v) is 10.1. The van der Waals surface area contributed by atoms with Crippen molar-refractivity contribution in [3.8, 4) is 0 Å². The number of hydrogen-bond acceptors (Lipinski definition) is 11. The standard InChI is InChI=1S/C30H34O11/c1-5-8-9-18-20(27(34)39-25(18)32)12-16(6-2)14-22-23(30(37)41-29(22)36)15-17(7-3)13-21-19(10-11-24(31)38-4)26(33)40-28(21)35/h8-9,16-17H,5-7,10-15H2,1-4H3. The zero-order valence-corrected chi connectivity index (χ0v) is 23.7. The van der Waals surface area contributed by atoms with Crippen LogP contribution in [0.25, 0.3) is 0 Å². The lowest BCUT2D eigenvalue weighted by molar-refractivity contribution is -0.153. The number of carbonyl (C=O) groups excluding carboxylic acids is 7. The van der Waals surface area contributed by atoms with Crippen LogP contribution in [0.15, 0.2) is 45.6 Å². The van der Waals surface area contributed by atoms with Crippen molar-refractivity contribution in [2.45, 2.75) is 78.6 Å². The molecule has 3 aliphatic heterocycles. The summed E-state index contributed by atoms with van der Waals surface area (Å²) in [5.74, 6) is -5.71. The molecule has 41 heavy (non-hydrogen) atoms. The van der Waals surface area contributed by atoms with Gasteiger partial charge < -0.3 is 18.9 Å². The molecular formula is C30H34O11. The average Bonchev–Trinajstić information content (AvgIpc) is 3.47. The number of hydrogen-bond donors (Lipinski definition) is 0. The Hall–Kier alpha value is -4.15. The monoisotopic (exact) mass is 570 g/mol. The summed E-state index contributed by atoms with van der Waals surface area (Å²) in [7, 11) is 1.22. The van der Waals surface area contributed by atoms with Gasteiger partial charge in [0, 0.05) is 28.7 Å². The lowest BCUT2D eigenvalue weighted by atomic mass is 9.84. The lowest BCUT2D eigenvalue weighted by Gasteiger charge is -2.17. The maximum Gasteiger partial charge on any atom is 0.346 e. The Morgan fingerprint density at radius 1 is 0.659 bits per heavy atom. The summed E-state index contributed by atoms with van der Waals surface area (Å²) in [6.45, 7) is 5.61. The number of carbonyl (C=O) groups is 7. The third-order valence-electron chi connectivity index (χ3n) is 7.51. The molecule has 3 aliphatic rings. The summed E-state index contributed by atoms with van der Waals surface area (Å²) < 4.78 is 19.1. The van der Waals surface area contributed by atoms with E-state index in [1.165, 1.54) is 7.11 Å². The number of methoxy groups -OCH3 is 1. The molecule has 2 atom stereocenters. The molecule has 2 unspecified atom stereocenters. The van der Waals surface area contributed by atoms with Crippen molar-refractivity contribution < 1.29 is 52.5 Å². The molecule has 0 saturated heterocycles. The van der Waals surface area contributed by atoms with E-state index in [4.69, 9.17) is 14.2 Å². The largest absolute Gasteiger partial charge is 0.469 e. The molecule has 0 fully saturated rings. The Bertz CT molecular complexity index is 1290. The lowest BCUT2D eigenvalue weighted by Crippen LogP contribution is -2.12. The highest BCUT2D eigenvalue weighted by Crippen LogP contribution is 2.37. The molecule has 220 valence electrons. The van der Waals surface area contributed by atoms with E-state index in [-0.39, 0.29) is 83.8 Å². The molecule has 11 nitrogen and oxygen atoms in total. The van der Waals surface area contributed by atoms with Gasteiger partial charge in [0.05, 0.1) is 18.3 Å². The van der Waals surface area contributed by atoms with E-state index in [2.05, 4.69) is 4.74 Å². The van der Waals surface area contributed by atoms with Crippen molar-refractivity contribution in [2.24, 2.45) is 11.8 Å². The summed E-state index contributed by atoms with van der Waals surface area (Å²) in [4.78, 5) is 86.2. The number of rotatable bonds is 15. The summed E-state index contributed by atoms with van der Waals surface area (Å²) in [5, 5.41) is 0. The van der Waals surface area contributed by atoms with Gasteiger partial charge in [-0.05, 0) is 50.4 Å². The summed E-state index contributed by atoms with van der Waals surface area (Å²) >= 11 is 0. The van der Waals surface area contributed by atoms with E-state index in [0.717, 1.165) is 0 Å². The predicted molar refractivity (Wildman–Crippen MR) is 141 cm³/mol. The fourth-order valence-electron chi connectivity index (χ4n) is 5.02. The molecule has 0 aromatic carbocycles. The third-order valence-corrected chi connectivity index (χ3v) is 7.51. The van der Waals surface area contributed by atoms with E-state index in [1.807, 2.05) is 20.8 Å². The second kappa shape index (κ2) is 14.0. The minimum Gasteiger partial charge on any atom is -0.469 e. The molecule has 3 rings (SSSR count). The van der Waals surface area contributed by atoms with Gasteiger partial charge in [-0.25, -0.2) is 28.8 Å². The number of esters is 7. The SMILES string of the molecule is CCC=CC1=C(CC(CC)CC2=C(CC(CC)CC3=C(CCC(=O)OC)C(=O)OC3=O)C(=O)OC2=O)C(=O)OC1=O.